The van der Waals surface area contributed by atoms with E-state index in [0.717, 1.165) is 42.5 Å². The highest BCUT2D eigenvalue weighted by Crippen LogP contribution is 2.25. The summed E-state index contributed by atoms with van der Waals surface area (Å²) in [5.74, 6) is 0.796. The predicted octanol–water partition coefficient (Wildman–Crippen LogP) is 4.56. The molecule has 0 saturated carbocycles. The Labute approximate surface area is 151 Å². The SMILES string of the molecule is CCc1sc(C(=O)Nc2nc(CN3CCC(C)CC3)cs2)cc1C. The van der Waals surface area contributed by atoms with Crippen molar-refractivity contribution in [2.45, 2.75) is 46.6 Å². The fraction of sp³-hybridized carbons (Fsp3) is 0.556. The third kappa shape index (κ3) is 4.23. The number of carbonyl (C=O) groups is 1. The molecule has 1 aliphatic heterocycles. The summed E-state index contributed by atoms with van der Waals surface area (Å²) >= 11 is 3.09. The largest absolute Gasteiger partial charge is 0.297 e. The number of hydrogen-bond acceptors (Lipinski definition) is 5. The van der Waals surface area contributed by atoms with Crippen LogP contribution in [0.2, 0.25) is 0 Å². The molecule has 3 rings (SSSR count). The van der Waals surface area contributed by atoms with E-state index in [0.29, 0.717) is 5.13 Å². The lowest BCUT2D eigenvalue weighted by Crippen LogP contribution is -2.32. The van der Waals surface area contributed by atoms with Gasteiger partial charge in [-0.05, 0) is 56.8 Å². The minimum absolute atomic E-state index is 0.0458. The molecule has 0 unspecified atom stereocenters. The van der Waals surface area contributed by atoms with Crippen LogP contribution in [0, 0.1) is 12.8 Å². The average molecular weight is 364 g/mol. The molecule has 2 aromatic heterocycles. The Morgan fingerprint density at radius 2 is 2.17 bits per heavy atom. The maximum atomic E-state index is 12.4. The second-order valence-corrected chi connectivity index (χ2v) is 8.62. The Balaban J connectivity index is 1.58. The highest BCUT2D eigenvalue weighted by atomic mass is 32.1. The van der Waals surface area contributed by atoms with Crippen LogP contribution in [-0.4, -0.2) is 28.9 Å². The molecule has 0 spiro atoms. The van der Waals surface area contributed by atoms with E-state index in [4.69, 9.17) is 0 Å². The smallest absolute Gasteiger partial charge is 0.267 e. The minimum atomic E-state index is -0.0458. The van der Waals surface area contributed by atoms with Crippen LogP contribution in [0.3, 0.4) is 0 Å². The van der Waals surface area contributed by atoms with E-state index in [1.54, 1.807) is 11.3 Å². The van der Waals surface area contributed by atoms with Crippen molar-refractivity contribution in [2.24, 2.45) is 5.92 Å². The van der Waals surface area contributed by atoms with Gasteiger partial charge in [0.25, 0.3) is 5.91 Å². The first-order valence-electron chi connectivity index (χ1n) is 8.62. The molecule has 1 aliphatic rings. The number of carbonyl (C=O) groups excluding carboxylic acids is 1. The zero-order valence-corrected chi connectivity index (χ0v) is 16.2. The van der Waals surface area contributed by atoms with Gasteiger partial charge < -0.3 is 0 Å². The molecular formula is C18H25N3OS2. The van der Waals surface area contributed by atoms with Crippen molar-refractivity contribution in [2.75, 3.05) is 18.4 Å². The van der Waals surface area contributed by atoms with Crippen molar-refractivity contribution >= 4 is 33.7 Å². The first-order chi connectivity index (χ1) is 11.5. The zero-order valence-electron chi connectivity index (χ0n) is 14.6. The number of piperidine rings is 1. The number of amides is 1. The first-order valence-corrected chi connectivity index (χ1v) is 10.3. The van der Waals surface area contributed by atoms with Gasteiger partial charge in [-0.25, -0.2) is 4.98 Å². The van der Waals surface area contributed by atoms with E-state index in [-0.39, 0.29) is 5.91 Å². The fourth-order valence-corrected chi connectivity index (χ4v) is 4.73. The molecule has 0 aliphatic carbocycles. The Morgan fingerprint density at radius 3 is 2.83 bits per heavy atom. The number of anilines is 1. The van der Waals surface area contributed by atoms with Crippen molar-refractivity contribution in [1.82, 2.24) is 9.88 Å². The number of nitrogens with one attached hydrogen (secondary N) is 1. The van der Waals surface area contributed by atoms with Crippen molar-refractivity contribution in [3.63, 3.8) is 0 Å². The number of aryl methyl sites for hydroxylation is 2. The maximum absolute atomic E-state index is 12.4. The number of thiophene rings is 1. The van der Waals surface area contributed by atoms with Gasteiger partial charge in [0.15, 0.2) is 5.13 Å². The minimum Gasteiger partial charge on any atom is -0.297 e. The molecule has 0 aromatic carbocycles. The van der Waals surface area contributed by atoms with Gasteiger partial charge in [0.05, 0.1) is 10.6 Å². The van der Waals surface area contributed by atoms with Crippen LogP contribution in [0.25, 0.3) is 0 Å². The number of likely N-dealkylation sites (tertiary alicyclic amines) is 1. The van der Waals surface area contributed by atoms with Crippen LogP contribution >= 0.6 is 22.7 Å². The number of thiazole rings is 1. The van der Waals surface area contributed by atoms with Gasteiger partial charge in [0, 0.05) is 16.8 Å². The number of rotatable bonds is 5. The molecule has 1 N–H and O–H groups in total. The molecule has 0 bridgehead atoms. The molecule has 0 atom stereocenters. The normalized spacial score (nSPS) is 16.5. The maximum Gasteiger partial charge on any atom is 0.267 e. The van der Waals surface area contributed by atoms with Gasteiger partial charge in [0.1, 0.15) is 0 Å². The van der Waals surface area contributed by atoms with Crippen molar-refractivity contribution in [3.05, 3.63) is 32.5 Å². The van der Waals surface area contributed by atoms with Gasteiger partial charge in [-0.15, -0.1) is 22.7 Å². The summed E-state index contributed by atoms with van der Waals surface area (Å²) in [6.07, 6.45) is 3.51. The van der Waals surface area contributed by atoms with Crippen LogP contribution in [-0.2, 0) is 13.0 Å². The van der Waals surface area contributed by atoms with E-state index < -0.39 is 0 Å². The topological polar surface area (TPSA) is 45.2 Å². The Morgan fingerprint density at radius 1 is 1.42 bits per heavy atom. The van der Waals surface area contributed by atoms with Crippen LogP contribution in [0.5, 0.6) is 0 Å². The van der Waals surface area contributed by atoms with Crippen molar-refractivity contribution in [3.8, 4) is 0 Å². The van der Waals surface area contributed by atoms with Crippen molar-refractivity contribution in [1.29, 1.82) is 0 Å². The molecule has 4 nitrogen and oxygen atoms in total. The summed E-state index contributed by atoms with van der Waals surface area (Å²) in [6.45, 7) is 9.69. The van der Waals surface area contributed by atoms with Gasteiger partial charge in [0.2, 0.25) is 0 Å². The summed E-state index contributed by atoms with van der Waals surface area (Å²) in [6, 6.07) is 1.97. The third-order valence-corrected chi connectivity index (χ3v) is 6.79. The molecule has 1 fully saturated rings. The van der Waals surface area contributed by atoms with Crippen LogP contribution < -0.4 is 5.32 Å². The monoisotopic (exact) mass is 363 g/mol. The van der Waals surface area contributed by atoms with E-state index >= 15 is 0 Å². The van der Waals surface area contributed by atoms with Gasteiger partial charge >= 0.3 is 0 Å². The van der Waals surface area contributed by atoms with Crippen LogP contribution in [0.15, 0.2) is 11.4 Å². The lowest BCUT2D eigenvalue weighted by molar-refractivity contribution is 0.103. The molecule has 130 valence electrons. The summed E-state index contributed by atoms with van der Waals surface area (Å²) < 4.78 is 0. The average Bonchev–Trinajstić information content (AvgIpc) is 3.16. The number of aromatic nitrogens is 1. The number of nitrogens with zero attached hydrogens (tertiary/aromatic N) is 2. The molecule has 1 amide bonds. The predicted molar refractivity (Wildman–Crippen MR) is 102 cm³/mol. The highest BCUT2D eigenvalue weighted by molar-refractivity contribution is 7.15. The Bertz CT molecular complexity index is 699. The standard InChI is InChI=1S/C18H25N3OS2/c1-4-15-13(3)9-16(24-15)17(22)20-18-19-14(11-23-18)10-21-7-5-12(2)6-8-21/h9,11-12H,4-8,10H2,1-3H3,(H,19,20,22). The molecule has 2 aromatic rings. The molecule has 6 heteroatoms. The van der Waals surface area contributed by atoms with Gasteiger partial charge in [-0.2, -0.15) is 0 Å². The zero-order chi connectivity index (χ0) is 17.1. The molecule has 24 heavy (non-hydrogen) atoms. The molecular weight excluding hydrogens is 338 g/mol. The summed E-state index contributed by atoms with van der Waals surface area (Å²) in [4.78, 5) is 21.5. The molecule has 3 heterocycles. The second kappa shape index (κ2) is 7.76. The van der Waals surface area contributed by atoms with Gasteiger partial charge in [-0.3, -0.25) is 15.0 Å². The lowest BCUT2D eigenvalue weighted by Gasteiger charge is -2.29. The number of hydrogen-bond donors (Lipinski definition) is 1. The van der Waals surface area contributed by atoms with Crippen LogP contribution in [0.4, 0.5) is 5.13 Å². The quantitative estimate of drug-likeness (QED) is 0.847. The van der Waals surface area contributed by atoms with Crippen LogP contribution in [0.1, 0.15) is 52.5 Å². The second-order valence-electron chi connectivity index (χ2n) is 6.63. The Hall–Kier alpha value is -1.24. The third-order valence-electron chi connectivity index (χ3n) is 4.60. The first kappa shape index (κ1) is 17.6. The van der Waals surface area contributed by atoms with Crippen molar-refractivity contribution < 1.29 is 4.79 Å². The van der Waals surface area contributed by atoms with E-state index in [1.807, 2.05) is 6.07 Å². The van der Waals surface area contributed by atoms with E-state index in [2.05, 4.69) is 41.4 Å². The molecule has 0 radical (unpaired) electrons. The van der Waals surface area contributed by atoms with Gasteiger partial charge in [-0.1, -0.05) is 13.8 Å². The van der Waals surface area contributed by atoms with E-state index in [1.165, 1.54) is 34.6 Å². The summed E-state index contributed by atoms with van der Waals surface area (Å²) in [5, 5.41) is 5.71. The lowest BCUT2D eigenvalue weighted by atomic mass is 9.99. The van der Waals surface area contributed by atoms with E-state index in [9.17, 15) is 4.79 Å². The molecule has 1 saturated heterocycles. The highest BCUT2D eigenvalue weighted by Gasteiger charge is 2.18. The summed E-state index contributed by atoms with van der Waals surface area (Å²) in [7, 11) is 0. The fourth-order valence-electron chi connectivity index (χ4n) is 3.03. The summed E-state index contributed by atoms with van der Waals surface area (Å²) in [5.41, 5.74) is 2.26. The Kier molecular flexibility index (Phi) is 5.69.